The first kappa shape index (κ1) is 14.6. The Balaban J connectivity index is 2.18. The Morgan fingerprint density at radius 3 is 2.70 bits per heavy atom. The Labute approximate surface area is 123 Å². The van der Waals surface area contributed by atoms with Gasteiger partial charge in [0.1, 0.15) is 5.75 Å². The lowest BCUT2D eigenvalue weighted by molar-refractivity contribution is 0.179. The average molecular weight is 290 g/mol. The number of aromatic hydroxyl groups is 1. The van der Waals surface area contributed by atoms with Crippen LogP contribution in [0.25, 0.3) is 10.8 Å². The number of ether oxygens (including phenoxy) is 1. The molecule has 0 bridgehead atoms. The fraction of sp³-hybridized carbons (Fsp3) is 0.267. The average Bonchev–Trinajstić information content (AvgIpc) is 2.40. The van der Waals surface area contributed by atoms with Crippen molar-refractivity contribution >= 4 is 33.8 Å². The molecule has 3 N–H and O–H groups in total. The van der Waals surface area contributed by atoms with Crippen LogP contribution in [0.2, 0.25) is 0 Å². The number of hydrogen-bond donors (Lipinski definition) is 3. The molecule has 0 amide bonds. The van der Waals surface area contributed by atoms with E-state index in [0.29, 0.717) is 11.7 Å². The molecule has 4 nitrogen and oxygen atoms in total. The largest absolute Gasteiger partial charge is 0.507 e. The molecule has 0 fully saturated rings. The molecule has 0 unspecified atom stereocenters. The van der Waals surface area contributed by atoms with Gasteiger partial charge < -0.3 is 20.5 Å². The summed E-state index contributed by atoms with van der Waals surface area (Å²) < 4.78 is 5.06. The van der Waals surface area contributed by atoms with Gasteiger partial charge in [-0.1, -0.05) is 24.3 Å². The minimum Gasteiger partial charge on any atom is -0.507 e. The topological polar surface area (TPSA) is 53.5 Å². The summed E-state index contributed by atoms with van der Waals surface area (Å²) in [6, 6.07) is 11.2. The third kappa shape index (κ3) is 3.37. The molecule has 0 heterocycles. The van der Waals surface area contributed by atoms with E-state index >= 15 is 0 Å². The minimum atomic E-state index is 0.128. The minimum absolute atomic E-state index is 0.128. The van der Waals surface area contributed by atoms with E-state index in [9.17, 15) is 5.11 Å². The molecule has 0 spiro atoms. The van der Waals surface area contributed by atoms with Crippen LogP contribution in [0.4, 0.5) is 5.69 Å². The Morgan fingerprint density at radius 1 is 1.25 bits per heavy atom. The van der Waals surface area contributed by atoms with Crippen molar-refractivity contribution in [3.8, 4) is 5.75 Å². The third-order valence-electron chi connectivity index (χ3n) is 2.94. The van der Waals surface area contributed by atoms with Crippen LogP contribution >= 0.6 is 12.2 Å². The van der Waals surface area contributed by atoms with Crippen molar-refractivity contribution in [3.05, 3.63) is 36.4 Å². The highest BCUT2D eigenvalue weighted by Gasteiger charge is 2.07. The molecule has 0 aliphatic rings. The molecular weight excluding hydrogens is 272 g/mol. The zero-order chi connectivity index (χ0) is 14.5. The quantitative estimate of drug-likeness (QED) is 0.756. The van der Waals surface area contributed by atoms with Gasteiger partial charge >= 0.3 is 0 Å². The fourth-order valence-electron chi connectivity index (χ4n) is 2.08. The number of hydrogen-bond acceptors (Lipinski definition) is 3. The Hall–Kier alpha value is -1.85. The normalized spacial score (nSPS) is 12.1. The number of anilines is 1. The van der Waals surface area contributed by atoms with Crippen LogP contribution in [0, 0.1) is 0 Å². The van der Waals surface area contributed by atoms with Gasteiger partial charge in [0.2, 0.25) is 0 Å². The van der Waals surface area contributed by atoms with Crippen molar-refractivity contribution in [2.24, 2.45) is 0 Å². The van der Waals surface area contributed by atoms with Crippen molar-refractivity contribution in [1.82, 2.24) is 5.32 Å². The molecule has 0 radical (unpaired) electrons. The van der Waals surface area contributed by atoms with Crippen molar-refractivity contribution < 1.29 is 9.84 Å². The summed E-state index contributed by atoms with van der Waals surface area (Å²) in [5.41, 5.74) is 0.862. The van der Waals surface area contributed by atoms with Gasteiger partial charge in [-0.3, -0.25) is 0 Å². The van der Waals surface area contributed by atoms with Crippen LogP contribution in [0.3, 0.4) is 0 Å². The number of fused-ring (bicyclic) bond motifs is 1. The van der Waals surface area contributed by atoms with E-state index in [1.54, 1.807) is 13.2 Å². The highest BCUT2D eigenvalue weighted by atomic mass is 32.1. The lowest BCUT2D eigenvalue weighted by Crippen LogP contribution is -2.38. The number of phenolic OH excluding ortho intramolecular Hbond substituents is 1. The number of thiocarbonyl (C=S) groups is 1. The first-order valence-electron chi connectivity index (χ1n) is 6.39. The van der Waals surface area contributed by atoms with E-state index in [0.717, 1.165) is 16.5 Å². The molecular formula is C15H18N2O2S. The van der Waals surface area contributed by atoms with Crippen LogP contribution in [0.5, 0.6) is 5.75 Å². The van der Waals surface area contributed by atoms with E-state index in [1.165, 1.54) is 0 Å². The van der Waals surface area contributed by atoms with E-state index in [2.05, 4.69) is 10.6 Å². The number of methoxy groups -OCH3 is 1. The van der Waals surface area contributed by atoms with E-state index in [1.807, 2.05) is 37.3 Å². The van der Waals surface area contributed by atoms with Crippen LogP contribution in [0.15, 0.2) is 36.4 Å². The number of nitrogens with one attached hydrogen (secondary N) is 2. The number of phenols is 1. The van der Waals surface area contributed by atoms with Gasteiger partial charge in [0.05, 0.1) is 6.61 Å². The van der Waals surface area contributed by atoms with E-state index in [-0.39, 0.29) is 11.8 Å². The van der Waals surface area contributed by atoms with E-state index < -0.39 is 0 Å². The summed E-state index contributed by atoms with van der Waals surface area (Å²) in [6.45, 7) is 2.57. The first-order valence-corrected chi connectivity index (χ1v) is 6.80. The highest BCUT2D eigenvalue weighted by Crippen LogP contribution is 2.29. The second-order valence-corrected chi connectivity index (χ2v) is 5.04. The molecule has 0 aliphatic heterocycles. The van der Waals surface area contributed by atoms with Crippen LogP contribution in [-0.2, 0) is 4.74 Å². The van der Waals surface area contributed by atoms with Crippen molar-refractivity contribution in [2.45, 2.75) is 13.0 Å². The molecule has 0 saturated heterocycles. The zero-order valence-corrected chi connectivity index (χ0v) is 12.3. The van der Waals surface area contributed by atoms with Gasteiger partial charge in [-0.25, -0.2) is 0 Å². The van der Waals surface area contributed by atoms with Gasteiger partial charge in [0.25, 0.3) is 0 Å². The summed E-state index contributed by atoms with van der Waals surface area (Å²) in [4.78, 5) is 0. The summed E-state index contributed by atoms with van der Waals surface area (Å²) in [7, 11) is 1.65. The summed E-state index contributed by atoms with van der Waals surface area (Å²) in [5, 5.41) is 18.4. The predicted octanol–water partition coefficient (Wildman–Crippen LogP) is 2.87. The second-order valence-electron chi connectivity index (χ2n) is 4.63. The molecule has 2 aromatic carbocycles. The van der Waals surface area contributed by atoms with Gasteiger partial charge in [-0.15, -0.1) is 0 Å². The fourth-order valence-corrected chi connectivity index (χ4v) is 2.39. The standard InChI is InChI=1S/C15H18N2O2S/c1-10(9-19-2)16-15(20)17-13-7-3-6-12-11(13)5-4-8-14(12)18/h3-8,10,18H,9H2,1-2H3,(H2,16,17,20)/t10-/m1/s1. The third-order valence-corrected chi connectivity index (χ3v) is 3.16. The van der Waals surface area contributed by atoms with Gasteiger partial charge in [0, 0.05) is 29.6 Å². The van der Waals surface area contributed by atoms with Gasteiger partial charge in [-0.05, 0) is 31.3 Å². The Kier molecular flexibility index (Phi) is 4.76. The maximum Gasteiger partial charge on any atom is 0.171 e. The van der Waals surface area contributed by atoms with Gasteiger partial charge in [0.15, 0.2) is 5.11 Å². The molecule has 0 aliphatic carbocycles. The predicted molar refractivity (Wildman–Crippen MR) is 86.3 cm³/mol. The Morgan fingerprint density at radius 2 is 1.95 bits per heavy atom. The molecule has 106 valence electrons. The lowest BCUT2D eigenvalue weighted by atomic mass is 10.1. The van der Waals surface area contributed by atoms with Crippen LogP contribution in [-0.4, -0.2) is 30.0 Å². The Bertz CT molecular complexity index is 616. The van der Waals surface area contributed by atoms with Crippen molar-refractivity contribution in [3.63, 3.8) is 0 Å². The lowest BCUT2D eigenvalue weighted by Gasteiger charge is -2.17. The van der Waals surface area contributed by atoms with Crippen molar-refractivity contribution in [1.29, 1.82) is 0 Å². The van der Waals surface area contributed by atoms with Crippen molar-refractivity contribution in [2.75, 3.05) is 19.0 Å². The molecule has 20 heavy (non-hydrogen) atoms. The second kappa shape index (κ2) is 6.54. The maximum atomic E-state index is 9.85. The zero-order valence-electron chi connectivity index (χ0n) is 11.5. The molecule has 0 aromatic heterocycles. The summed E-state index contributed by atoms with van der Waals surface area (Å²) in [6.07, 6.45) is 0. The highest BCUT2D eigenvalue weighted by molar-refractivity contribution is 7.80. The molecule has 0 saturated carbocycles. The molecule has 2 rings (SSSR count). The van der Waals surface area contributed by atoms with Crippen LogP contribution in [0.1, 0.15) is 6.92 Å². The smallest absolute Gasteiger partial charge is 0.171 e. The number of rotatable bonds is 4. The molecule has 5 heteroatoms. The molecule has 2 aromatic rings. The maximum absolute atomic E-state index is 9.85. The van der Waals surface area contributed by atoms with E-state index in [4.69, 9.17) is 17.0 Å². The van der Waals surface area contributed by atoms with Crippen LogP contribution < -0.4 is 10.6 Å². The first-order chi connectivity index (χ1) is 9.61. The monoisotopic (exact) mass is 290 g/mol. The number of benzene rings is 2. The van der Waals surface area contributed by atoms with Gasteiger partial charge in [-0.2, -0.15) is 0 Å². The summed E-state index contributed by atoms with van der Waals surface area (Å²) >= 11 is 5.28. The molecule has 1 atom stereocenters. The SMILES string of the molecule is COC[C@@H](C)NC(=S)Nc1cccc2c(O)cccc12. The summed E-state index contributed by atoms with van der Waals surface area (Å²) in [5.74, 6) is 0.262.